The van der Waals surface area contributed by atoms with Crippen LogP contribution >= 0.6 is 0 Å². The van der Waals surface area contributed by atoms with Crippen molar-refractivity contribution in [2.75, 3.05) is 45.6 Å². The first-order chi connectivity index (χ1) is 22.9. The van der Waals surface area contributed by atoms with Crippen LogP contribution in [0.15, 0.2) is 77.7 Å². The summed E-state index contributed by atoms with van der Waals surface area (Å²) < 4.78 is 73.3. The first-order valence-corrected chi connectivity index (χ1v) is 18.0. The Morgan fingerprint density at radius 3 is 2.33 bits per heavy atom. The number of benzene rings is 3. The fourth-order valence-electron chi connectivity index (χ4n) is 6.80. The van der Waals surface area contributed by atoms with E-state index in [1.54, 1.807) is 12.1 Å². The summed E-state index contributed by atoms with van der Waals surface area (Å²) in [4.78, 5) is 23.8. The van der Waals surface area contributed by atoms with Crippen LogP contribution in [0.5, 0.6) is 0 Å². The number of para-hydroxylation sites is 1. The van der Waals surface area contributed by atoms with Crippen LogP contribution in [0.25, 0.3) is 22.2 Å². The Morgan fingerprint density at radius 1 is 0.979 bits per heavy atom. The van der Waals surface area contributed by atoms with Crippen LogP contribution in [-0.4, -0.2) is 80.8 Å². The van der Waals surface area contributed by atoms with Gasteiger partial charge in [-0.05, 0) is 56.6 Å². The number of hydrogen-bond donors (Lipinski definition) is 1. The molecule has 2 aliphatic rings. The highest BCUT2D eigenvalue weighted by Crippen LogP contribution is 2.37. The molecular weight excluding hydrogens is 641 g/mol. The first-order valence-electron chi connectivity index (χ1n) is 16.1. The molecule has 4 aromatic rings. The number of carbonyl (C=O) groups is 1. The maximum absolute atomic E-state index is 14.4. The summed E-state index contributed by atoms with van der Waals surface area (Å²) in [5, 5.41) is 3.40. The molecule has 3 aromatic carbocycles. The molecule has 8 nitrogen and oxygen atoms in total. The summed E-state index contributed by atoms with van der Waals surface area (Å²) in [6, 6.07) is 18.9. The molecule has 1 aromatic heterocycles. The number of sulfone groups is 1. The number of rotatable bonds is 8. The fraction of sp³-hybridized carbons (Fsp3) is 0.389. The number of likely N-dealkylation sites (tertiary alicyclic amines) is 1. The minimum absolute atomic E-state index is 0.0414. The van der Waals surface area contributed by atoms with Gasteiger partial charge in [-0.15, -0.1) is 0 Å². The zero-order valence-corrected chi connectivity index (χ0v) is 27.8. The number of carbonyl (C=O) groups excluding carboxylic acids is 1. The topological polar surface area (TPSA) is 91.8 Å². The Balaban J connectivity index is 1.50. The van der Waals surface area contributed by atoms with E-state index in [0.29, 0.717) is 43.3 Å². The minimum atomic E-state index is -4.61. The van der Waals surface area contributed by atoms with Gasteiger partial charge >= 0.3 is 6.18 Å². The van der Waals surface area contributed by atoms with Gasteiger partial charge in [-0.25, -0.2) is 13.4 Å². The van der Waals surface area contributed by atoms with Crippen molar-refractivity contribution >= 4 is 26.6 Å². The second-order valence-electron chi connectivity index (χ2n) is 12.6. The highest BCUT2D eigenvalue weighted by atomic mass is 32.2. The molecular formula is C36H39F3N4O4S. The van der Waals surface area contributed by atoms with Gasteiger partial charge in [0, 0.05) is 48.4 Å². The number of piperidine rings is 1. The third-order valence-corrected chi connectivity index (χ3v) is 10.4. The monoisotopic (exact) mass is 680 g/mol. The third kappa shape index (κ3) is 7.41. The molecule has 0 radical (unpaired) electrons. The van der Waals surface area contributed by atoms with Crippen LogP contribution in [-0.2, 0) is 27.3 Å². The summed E-state index contributed by atoms with van der Waals surface area (Å²) in [5.41, 5.74) is 1.01. The smallest absolute Gasteiger partial charge is 0.379 e. The van der Waals surface area contributed by atoms with Gasteiger partial charge in [0.1, 0.15) is 0 Å². The molecule has 12 heteroatoms. The predicted molar refractivity (Wildman–Crippen MR) is 178 cm³/mol. The van der Waals surface area contributed by atoms with Crippen molar-refractivity contribution in [2.45, 2.75) is 49.5 Å². The lowest BCUT2D eigenvalue weighted by Gasteiger charge is -2.40. The van der Waals surface area contributed by atoms with Crippen LogP contribution in [0.1, 0.15) is 52.9 Å². The number of nitrogens with zero attached hydrogens (tertiary/aromatic N) is 3. The molecule has 0 spiro atoms. The molecule has 0 saturated carbocycles. The first kappa shape index (κ1) is 34.0. The number of pyridine rings is 1. The summed E-state index contributed by atoms with van der Waals surface area (Å²) in [7, 11) is -3.82. The van der Waals surface area contributed by atoms with Crippen molar-refractivity contribution in [3.05, 3.63) is 95.1 Å². The summed E-state index contributed by atoms with van der Waals surface area (Å²) in [6.07, 6.45) is -1.77. The predicted octanol–water partition coefficient (Wildman–Crippen LogP) is 6.11. The van der Waals surface area contributed by atoms with Crippen molar-refractivity contribution in [2.24, 2.45) is 0 Å². The largest absolute Gasteiger partial charge is 0.416 e. The molecule has 0 bridgehead atoms. The lowest BCUT2D eigenvalue weighted by atomic mass is 9.93. The van der Waals surface area contributed by atoms with Gasteiger partial charge in [0.05, 0.1) is 46.5 Å². The second-order valence-corrected chi connectivity index (χ2v) is 14.6. The minimum Gasteiger partial charge on any atom is -0.379 e. The number of amides is 1. The highest BCUT2D eigenvalue weighted by molar-refractivity contribution is 7.91. The number of alkyl halides is 3. The molecule has 1 N–H and O–H groups in total. The van der Waals surface area contributed by atoms with E-state index in [1.165, 1.54) is 18.2 Å². The number of fused-ring (bicyclic) bond motifs is 1. The van der Waals surface area contributed by atoms with E-state index in [4.69, 9.17) is 9.72 Å². The molecule has 2 fully saturated rings. The van der Waals surface area contributed by atoms with Crippen molar-refractivity contribution in [1.82, 2.24) is 20.1 Å². The van der Waals surface area contributed by atoms with Crippen molar-refractivity contribution in [1.29, 1.82) is 0 Å². The molecule has 1 amide bonds. The zero-order valence-electron chi connectivity index (χ0n) is 27.0. The van der Waals surface area contributed by atoms with E-state index in [9.17, 15) is 26.4 Å². The van der Waals surface area contributed by atoms with Crippen molar-refractivity contribution in [3.8, 4) is 11.3 Å². The van der Waals surface area contributed by atoms with E-state index in [2.05, 4.69) is 15.1 Å². The molecule has 6 rings (SSSR count). The maximum atomic E-state index is 14.4. The summed E-state index contributed by atoms with van der Waals surface area (Å²) in [6.45, 7) is 6.70. The third-order valence-electron chi connectivity index (χ3n) is 9.32. The number of nitrogens with one attached hydrogen (secondary N) is 1. The van der Waals surface area contributed by atoms with E-state index in [-0.39, 0.29) is 33.8 Å². The molecule has 2 aliphatic heterocycles. The average molecular weight is 681 g/mol. The van der Waals surface area contributed by atoms with Gasteiger partial charge in [0.15, 0.2) is 9.84 Å². The number of aromatic nitrogens is 1. The lowest BCUT2D eigenvalue weighted by Crippen LogP contribution is -2.48. The molecule has 254 valence electrons. The summed E-state index contributed by atoms with van der Waals surface area (Å²) >= 11 is 0. The quantitative estimate of drug-likeness (QED) is 0.240. The maximum Gasteiger partial charge on any atom is 0.416 e. The Bertz CT molecular complexity index is 1890. The summed E-state index contributed by atoms with van der Waals surface area (Å²) in [5.74, 6) is -0.462. The molecule has 1 atom stereocenters. The van der Waals surface area contributed by atoms with Gasteiger partial charge in [0.25, 0.3) is 5.91 Å². The van der Waals surface area contributed by atoms with Crippen LogP contribution < -0.4 is 5.32 Å². The standard InChI is InChI=1S/C36H39F3N4O4S/c1-24(25-8-4-3-5-9-25)40-35(44)32-29-12-7-13-31(48(2,45)46)34(29)41-33(26-10-6-11-27(22-26)36(37,38)39)30(32)23-42-16-14-28(15-17-42)43-18-20-47-21-19-43/h3-13,22,24,28H,14-21,23H2,1-2H3,(H,40,44)/t24-/m0/s1. The fourth-order valence-corrected chi connectivity index (χ4v) is 7.63. The van der Waals surface area contributed by atoms with Gasteiger partial charge in [0.2, 0.25) is 0 Å². The SMILES string of the molecule is C[C@H](NC(=O)c1c(CN2CCC(N3CCOCC3)CC2)c(-c2cccc(C(F)(F)F)c2)nc2c(S(C)(=O)=O)cccc12)c1ccccc1. The molecule has 48 heavy (non-hydrogen) atoms. The zero-order chi connectivity index (χ0) is 34.1. The Hall–Kier alpha value is -3.84. The van der Waals surface area contributed by atoms with Crippen LogP contribution in [0.2, 0.25) is 0 Å². The molecule has 2 saturated heterocycles. The Kier molecular flexibility index (Phi) is 9.89. The van der Waals surface area contributed by atoms with Gasteiger partial charge in [-0.3, -0.25) is 14.6 Å². The van der Waals surface area contributed by atoms with Crippen LogP contribution in [0.3, 0.4) is 0 Å². The van der Waals surface area contributed by atoms with Gasteiger partial charge in [-0.2, -0.15) is 13.2 Å². The van der Waals surface area contributed by atoms with E-state index in [1.807, 2.05) is 37.3 Å². The van der Waals surface area contributed by atoms with E-state index >= 15 is 0 Å². The van der Waals surface area contributed by atoms with Crippen molar-refractivity contribution in [3.63, 3.8) is 0 Å². The Labute approximate surface area is 278 Å². The number of halogens is 3. The van der Waals surface area contributed by atoms with Gasteiger partial charge in [-0.1, -0.05) is 54.6 Å². The number of ether oxygens (including phenoxy) is 1. The Morgan fingerprint density at radius 2 is 1.67 bits per heavy atom. The molecule has 0 unspecified atom stereocenters. The average Bonchev–Trinajstić information content (AvgIpc) is 3.08. The van der Waals surface area contributed by atoms with Gasteiger partial charge < -0.3 is 10.1 Å². The number of morpholine rings is 1. The van der Waals surface area contributed by atoms with Crippen molar-refractivity contribution < 1.29 is 31.1 Å². The second kappa shape index (κ2) is 13.9. The lowest BCUT2D eigenvalue weighted by molar-refractivity contribution is -0.137. The van der Waals surface area contributed by atoms with Crippen LogP contribution in [0, 0.1) is 0 Å². The van der Waals surface area contributed by atoms with E-state index < -0.39 is 33.5 Å². The molecule has 3 heterocycles. The molecule has 0 aliphatic carbocycles. The van der Waals surface area contributed by atoms with Crippen LogP contribution in [0.4, 0.5) is 13.2 Å². The van der Waals surface area contributed by atoms with E-state index in [0.717, 1.165) is 49.9 Å². The highest BCUT2D eigenvalue weighted by Gasteiger charge is 2.33. The number of hydrogen-bond acceptors (Lipinski definition) is 7. The normalized spacial score (nSPS) is 17.8.